The van der Waals surface area contributed by atoms with Gasteiger partial charge in [-0.05, 0) is 83.6 Å². The van der Waals surface area contributed by atoms with Crippen LogP contribution in [0.15, 0.2) is 109 Å². The molecule has 4 aliphatic rings. The third kappa shape index (κ3) is 2.79. The molecule has 0 spiro atoms. The minimum absolute atomic E-state index is 0.766. The van der Waals surface area contributed by atoms with E-state index in [4.69, 9.17) is 42.6 Å². The van der Waals surface area contributed by atoms with Crippen molar-refractivity contribution in [2.24, 2.45) is 0 Å². The third-order valence-electron chi connectivity index (χ3n) is 8.52. The average molecular weight is 617 g/mol. The standard InChI is InChI=1S/C34H18O4P2S2/c41-39-29-13-3-1-7-21(29)35-23-9-5-11-25(33(23)39)37-27-15-19-16-28-32(18-20(19)17-31(27)39)40(42)30-14-4-2-8-22(30)36-24-10-6-12-26(38-28)34(24)40/h1-18H. The molecular formula is C34H18O4P2S2. The van der Waals surface area contributed by atoms with Crippen molar-refractivity contribution in [2.45, 2.75) is 0 Å². The number of hydrogen-bond donors (Lipinski definition) is 0. The van der Waals surface area contributed by atoms with Gasteiger partial charge in [0.1, 0.15) is 46.0 Å². The van der Waals surface area contributed by atoms with Crippen LogP contribution < -0.4 is 50.8 Å². The summed E-state index contributed by atoms with van der Waals surface area (Å²) >= 11 is 13.5. The molecule has 42 heavy (non-hydrogen) atoms. The van der Waals surface area contributed by atoms with Crippen LogP contribution in [0, 0.1) is 0 Å². The lowest BCUT2D eigenvalue weighted by molar-refractivity contribution is 0.466. The fraction of sp³-hybridized carbons (Fsp3) is 0. The Morgan fingerprint density at radius 1 is 0.357 bits per heavy atom. The first kappa shape index (κ1) is 23.6. The maximum absolute atomic E-state index is 6.74. The predicted molar refractivity (Wildman–Crippen MR) is 176 cm³/mol. The monoisotopic (exact) mass is 616 g/mol. The highest BCUT2D eigenvalue weighted by Crippen LogP contribution is 2.61. The SMILES string of the molecule is S=P12c3ccccc3Oc3cccc(c31)Oc1cc3cc4c(cc3cc12)P1(=S)c2ccccc2Oc2cccc(c21)O4. The molecule has 0 fully saturated rings. The molecule has 4 nitrogen and oxygen atoms in total. The summed E-state index contributed by atoms with van der Waals surface area (Å²) in [7, 11) is 0. The maximum atomic E-state index is 6.74. The molecular weight excluding hydrogens is 598 g/mol. The van der Waals surface area contributed by atoms with E-state index in [1.54, 1.807) is 0 Å². The van der Waals surface area contributed by atoms with Gasteiger partial charge in [0.15, 0.2) is 0 Å². The second kappa shape index (κ2) is 7.92. The Balaban J connectivity index is 1.27. The molecule has 0 aliphatic carbocycles. The summed E-state index contributed by atoms with van der Waals surface area (Å²) in [6.07, 6.45) is 0. The zero-order valence-electron chi connectivity index (χ0n) is 21.7. The van der Waals surface area contributed by atoms with Crippen LogP contribution in [0.25, 0.3) is 10.8 Å². The van der Waals surface area contributed by atoms with Crippen LogP contribution >= 0.6 is 12.1 Å². The van der Waals surface area contributed by atoms with E-state index in [1.807, 2.05) is 72.8 Å². The van der Waals surface area contributed by atoms with Gasteiger partial charge in [0, 0.05) is 21.2 Å². The Morgan fingerprint density at radius 3 is 1.17 bits per heavy atom. The van der Waals surface area contributed by atoms with Gasteiger partial charge in [-0.1, -0.05) is 60.0 Å². The number of hydrogen-bond acceptors (Lipinski definition) is 6. The highest BCUT2D eigenvalue weighted by Gasteiger charge is 2.44. The van der Waals surface area contributed by atoms with Gasteiger partial charge in [-0.2, -0.15) is 0 Å². The maximum Gasteiger partial charge on any atom is 0.140 e. The number of ether oxygens (including phenoxy) is 4. The summed E-state index contributed by atoms with van der Waals surface area (Å²) in [6, 6.07) is 31.9. The van der Waals surface area contributed by atoms with Crippen molar-refractivity contribution < 1.29 is 18.9 Å². The quantitative estimate of drug-likeness (QED) is 0.175. The molecule has 4 heterocycles. The number of para-hydroxylation sites is 2. The normalized spacial score (nSPS) is 21.0. The highest BCUT2D eigenvalue weighted by molar-refractivity contribution is 8.26. The molecule has 200 valence electrons. The van der Waals surface area contributed by atoms with E-state index in [2.05, 4.69) is 36.4 Å². The Kier molecular flexibility index (Phi) is 4.45. The summed E-state index contributed by atoms with van der Waals surface area (Å²) in [5.41, 5.74) is 0. The number of rotatable bonds is 0. The fourth-order valence-electron chi connectivity index (χ4n) is 6.72. The van der Waals surface area contributed by atoms with Gasteiger partial charge in [0.05, 0.1) is 22.7 Å². The smallest absolute Gasteiger partial charge is 0.140 e. The molecule has 0 amide bonds. The molecule has 4 aliphatic heterocycles. The van der Waals surface area contributed by atoms with Crippen LogP contribution in [0.4, 0.5) is 0 Å². The Morgan fingerprint density at radius 2 is 0.714 bits per heavy atom. The van der Waals surface area contributed by atoms with Gasteiger partial charge in [0.25, 0.3) is 0 Å². The minimum Gasteiger partial charge on any atom is -0.456 e. The molecule has 8 heteroatoms. The van der Waals surface area contributed by atoms with Crippen LogP contribution in [0.1, 0.15) is 0 Å². The molecule has 0 N–H and O–H groups in total. The van der Waals surface area contributed by atoms with Crippen LogP contribution in [0.2, 0.25) is 0 Å². The van der Waals surface area contributed by atoms with E-state index < -0.39 is 12.1 Å². The van der Waals surface area contributed by atoms with Crippen LogP contribution in [0.3, 0.4) is 0 Å². The summed E-state index contributed by atoms with van der Waals surface area (Å²) in [5, 5.41) is 8.20. The lowest BCUT2D eigenvalue weighted by Gasteiger charge is -2.38. The first-order chi connectivity index (χ1) is 20.5. The topological polar surface area (TPSA) is 36.9 Å². The van der Waals surface area contributed by atoms with Gasteiger partial charge in [-0.3, -0.25) is 0 Å². The average Bonchev–Trinajstić information content (AvgIpc) is 3.00. The summed E-state index contributed by atoms with van der Waals surface area (Å²) in [6.45, 7) is 0. The Labute approximate surface area is 251 Å². The van der Waals surface area contributed by atoms with Crippen molar-refractivity contribution in [2.75, 3.05) is 0 Å². The molecule has 0 saturated heterocycles. The molecule has 6 aromatic rings. The van der Waals surface area contributed by atoms with Crippen molar-refractivity contribution in [3.05, 3.63) is 109 Å². The molecule has 0 saturated carbocycles. The highest BCUT2D eigenvalue weighted by atomic mass is 32.4. The summed E-state index contributed by atoms with van der Waals surface area (Å²) in [4.78, 5) is 0. The van der Waals surface area contributed by atoms with Crippen molar-refractivity contribution in [3.8, 4) is 46.0 Å². The van der Waals surface area contributed by atoms with E-state index >= 15 is 0 Å². The van der Waals surface area contributed by atoms with E-state index in [0.717, 1.165) is 88.6 Å². The second-order valence-electron chi connectivity index (χ2n) is 10.8. The molecule has 6 aromatic carbocycles. The van der Waals surface area contributed by atoms with Crippen molar-refractivity contribution >= 4 is 78.3 Å². The van der Waals surface area contributed by atoms with Crippen LogP contribution in [-0.4, -0.2) is 0 Å². The largest absolute Gasteiger partial charge is 0.456 e. The van der Waals surface area contributed by atoms with Crippen LogP contribution in [-0.2, 0) is 23.6 Å². The first-order valence-corrected chi connectivity index (χ1v) is 19.1. The first-order valence-electron chi connectivity index (χ1n) is 13.5. The zero-order valence-corrected chi connectivity index (χ0v) is 25.2. The minimum atomic E-state index is -2.47. The third-order valence-corrected chi connectivity index (χ3v) is 18.3. The zero-order chi connectivity index (χ0) is 27.8. The molecule has 0 bridgehead atoms. The molecule has 10 rings (SSSR count). The van der Waals surface area contributed by atoms with E-state index in [-0.39, 0.29) is 0 Å². The van der Waals surface area contributed by atoms with Gasteiger partial charge in [0.2, 0.25) is 0 Å². The molecule has 2 atom stereocenters. The van der Waals surface area contributed by atoms with Gasteiger partial charge < -0.3 is 18.9 Å². The van der Waals surface area contributed by atoms with Crippen molar-refractivity contribution in [3.63, 3.8) is 0 Å². The molecule has 0 aromatic heterocycles. The van der Waals surface area contributed by atoms with E-state index in [0.29, 0.717) is 0 Å². The summed E-state index contributed by atoms with van der Waals surface area (Å²) < 4.78 is 25.8. The van der Waals surface area contributed by atoms with Gasteiger partial charge in [-0.15, -0.1) is 0 Å². The summed E-state index contributed by atoms with van der Waals surface area (Å²) in [5.74, 6) is 6.28. The van der Waals surface area contributed by atoms with Crippen molar-refractivity contribution in [1.29, 1.82) is 0 Å². The molecule has 0 radical (unpaired) electrons. The molecule has 2 unspecified atom stereocenters. The Hall–Kier alpha value is -3.92. The van der Waals surface area contributed by atoms with E-state index in [1.165, 1.54) is 0 Å². The fourth-order valence-corrected chi connectivity index (χ4v) is 15.7. The van der Waals surface area contributed by atoms with Gasteiger partial charge >= 0.3 is 0 Å². The lowest BCUT2D eigenvalue weighted by Crippen LogP contribution is -2.35. The van der Waals surface area contributed by atoms with Crippen molar-refractivity contribution in [1.82, 2.24) is 0 Å². The van der Waals surface area contributed by atoms with Crippen LogP contribution in [0.5, 0.6) is 46.0 Å². The number of benzene rings is 6. The number of fused-ring (bicyclic) bond motifs is 9. The second-order valence-corrected chi connectivity index (χ2v) is 19.3. The Bertz CT molecular complexity index is 2190. The van der Waals surface area contributed by atoms with Gasteiger partial charge in [-0.25, -0.2) is 0 Å². The lowest BCUT2D eigenvalue weighted by atomic mass is 10.1. The van der Waals surface area contributed by atoms with E-state index in [9.17, 15) is 0 Å². The predicted octanol–water partition coefficient (Wildman–Crippen LogP) is 6.77.